The van der Waals surface area contributed by atoms with Crippen molar-refractivity contribution in [3.05, 3.63) is 72.7 Å². The van der Waals surface area contributed by atoms with Crippen LogP contribution in [-0.2, 0) is 7.05 Å². The van der Waals surface area contributed by atoms with Crippen LogP contribution in [0.2, 0.25) is 0 Å². The molecule has 30 heavy (non-hydrogen) atoms. The van der Waals surface area contributed by atoms with Gasteiger partial charge in [0, 0.05) is 25.0 Å². The Morgan fingerprint density at radius 1 is 1.03 bits per heavy atom. The molecule has 0 bridgehead atoms. The van der Waals surface area contributed by atoms with Crippen molar-refractivity contribution in [1.82, 2.24) is 19.6 Å². The summed E-state index contributed by atoms with van der Waals surface area (Å²) >= 11 is 0. The minimum Gasteiger partial charge on any atom is -0.497 e. The van der Waals surface area contributed by atoms with Gasteiger partial charge in [0.15, 0.2) is 0 Å². The lowest BCUT2D eigenvalue weighted by Gasteiger charge is -2.10. The molecule has 0 unspecified atom stereocenters. The summed E-state index contributed by atoms with van der Waals surface area (Å²) in [5.74, 6) is 0.924. The molecule has 0 atom stereocenters. The van der Waals surface area contributed by atoms with Gasteiger partial charge in [0.1, 0.15) is 17.2 Å². The SMILES string of the molecule is COc1ccc(OC)c(-c2nn(-c3ccccc3)cc2C(=O)Nc2cnn(C)c2)c1. The lowest BCUT2D eigenvalue weighted by molar-refractivity contribution is 0.102. The summed E-state index contributed by atoms with van der Waals surface area (Å²) in [4.78, 5) is 13.1. The molecule has 0 fully saturated rings. The molecule has 1 amide bonds. The summed E-state index contributed by atoms with van der Waals surface area (Å²) in [5.41, 5.74) is 2.97. The second kappa shape index (κ2) is 8.12. The Hall–Kier alpha value is -4.07. The number of rotatable bonds is 6. The molecule has 4 rings (SSSR count). The average molecular weight is 403 g/mol. The van der Waals surface area contributed by atoms with E-state index in [-0.39, 0.29) is 5.91 Å². The van der Waals surface area contributed by atoms with Gasteiger partial charge < -0.3 is 14.8 Å². The Labute approximate surface area is 173 Å². The van der Waals surface area contributed by atoms with Crippen LogP contribution in [0, 0.1) is 0 Å². The Morgan fingerprint density at radius 3 is 2.50 bits per heavy atom. The molecule has 2 aromatic heterocycles. The third-order valence-corrected chi connectivity index (χ3v) is 4.60. The van der Waals surface area contributed by atoms with Gasteiger partial charge in [0.25, 0.3) is 5.91 Å². The molecule has 0 aliphatic heterocycles. The summed E-state index contributed by atoms with van der Waals surface area (Å²) in [6.07, 6.45) is 5.02. The van der Waals surface area contributed by atoms with Crippen LogP contribution >= 0.6 is 0 Å². The van der Waals surface area contributed by atoms with Gasteiger partial charge in [-0.05, 0) is 30.3 Å². The van der Waals surface area contributed by atoms with E-state index in [2.05, 4.69) is 10.4 Å². The molecule has 0 aliphatic rings. The Bertz CT molecular complexity index is 1180. The first-order valence-corrected chi connectivity index (χ1v) is 9.26. The van der Waals surface area contributed by atoms with E-state index in [0.29, 0.717) is 34.0 Å². The summed E-state index contributed by atoms with van der Waals surface area (Å²) < 4.78 is 14.2. The number of carbonyl (C=O) groups excluding carboxylic acids is 1. The van der Waals surface area contributed by atoms with Gasteiger partial charge in [0.05, 0.1) is 37.4 Å². The maximum atomic E-state index is 13.1. The number of nitrogens with zero attached hydrogens (tertiary/aromatic N) is 4. The molecule has 0 saturated heterocycles. The highest BCUT2D eigenvalue weighted by atomic mass is 16.5. The van der Waals surface area contributed by atoms with E-state index >= 15 is 0 Å². The normalized spacial score (nSPS) is 10.6. The van der Waals surface area contributed by atoms with Gasteiger partial charge in [-0.1, -0.05) is 18.2 Å². The molecule has 0 aliphatic carbocycles. The van der Waals surface area contributed by atoms with Crippen LogP contribution in [0.5, 0.6) is 11.5 Å². The Balaban J connectivity index is 1.84. The summed E-state index contributed by atoms with van der Waals surface area (Å²) in [7, 11) is 4.95. The molecule has 8 nitrogen and oxygen atoms in total. The van der Waals surface area contributed by atoms with E-state index in [1.807, 2.05) is 30.3 Å². The minimum absolute atomic E-state index is 0.301. The highest BCUT2D eigenvalue weighted by Gasteiger charge is 2.22. The monoisotopic (exact) mass is 403 g/mol. The molecule has 0 saturated carbocycles. The second-order valence-corrected chi connectivity index (χ2v) is 6.59. The van der Waals surface area contributed by atoms with Crippen molar-refractivity contribution in [2.75, 3.05) is 19.5 Å². The number of aromatic nitrogens is 4. The van der Waals surface area contributed by atoms with Gasteiger partial charge in [-0.25, -0.2) is 4.68 Å². The third kappa shape index (κ3) is 3.75. The van der Waals surface area contributed by atoms with E-state index in [4.69, 9.17) is 14.6 Å². The smallest absolute Gasteiger partial charge is 0.259 e. The van der Waals surface area contributed by atoms with Crippen LogP contribution < -0.4 is 14.8 Å². The number of hydrogen-bond acceptors (Lipinski definition) is 5. The topological polar surface area (TPSA) is 83.2 Å². The number of hydrogen-bond donors (Lipinski definition) is 1. The van der Waals surface area contributed by atoms with Crippen molar-refractivity contribution in [2.24, 2.45) is 7.05 Å². The fourth-order valence-electron chi connectivity index (χ4n) is 3.14. The summed E-state index contributed by atoms with van der Waals surface area (Å²) in [6, 6.07) is 15.0. The van der Waals surface area contributed by atoms with Crippen molar-refractivity contribution in [3.8, 4) is 28.4 Å². The molecule has 1 N–H and O–H groups in total. The first-order valence-electron chi connectivity index (χ1n) is 9.26. The van der Waals surface area contributed by atoms with E-state index in [9.17, 15) is 4.79 Å². The largest absolute Gasteiger partial charge is 0.497 e. The molecule has 2 aromatic carbocycles. The predicted molar refractivity (Wildman–Crippen MR) is 113 cm³/mol. The number of para-hydroxylation sites is 1. The number of aryl methyl sites for hydroxylation is 1. The third-order valence-electron chi connectivity index (χ3n) is 4.60. The molecular formula is C22H21N5O3. The number of ether oxygens (including phenoxy) is 2. The maximum absolute atomic E-state index is 13.1. The average Bonchev–Trinajstić information content (AvgIpc) is 3.40. The Kier molecular flexibility index (Phi) is 5.21. The van der Waals surface area contributed by atoms with Crippen LogP contribution in [0.15, 0.2) is 67.1 Å². The number of anilines is 1. The number of amides is 1. The zero-order valence-electron chi connectivity index (χ0n) is 16.9. The predicted octanol–water partition coefficient (Wildman–Crippen LogP) is 3.54. The second-order valence-electron chi connectivity index (χ2n) is 6.59. The van der Waals surface area contributed by atoms with Gasteiger partial charge in [-0.15, -0.1) is 0 Å². The van der Waals surface area contributed by atoms with Crippen LogP contribution in [-0.4, -0.2) is 39.7 Å². The zero-order chi connectivity index (χ0) is 21.1. The maximum Gasteiger partial charge on any atom is 0.259 e. The zero-order valence-corrected chi connectivity index (χ0v) is 16.9. The van der Waals surface area contributed by atoms with Gasteiger partial charge in [-0.3, -0.25) is 9.48 Å². The first kappa shape index (κ1) is 19.3. The lowest BCUT2D eigenvalue weighted by atomic mass is 10.1. The van der Waals surface area contributed by atoms with Crippen molar-refractivity contribution in [1.29, 1.82) is 0 Å². The fraction of sp³-hybridized carbons (Fsp3) is 0.136. The molecule has 4 aromatic rings. The van der Waals surface area contributed by atoms with Crippen molar-refractivity contribution >= 4 is 11.6 Å². The highest BCUT2D eigenvalue weighted by molar-refractivity contribution is 6.08. The van der Waals surface area contributed by atoms with Crippen molar-refractivity contribution in [2.45, 2.75) is 0 Å². The number of benzene rings is 2. The van der Waals surface area contributed by atoms with Crippen LogP contribution in [0.1, 0.15) is 10.4 Å². The number of methoxy groups -OCH3 is 2. The van der Waals surface area contributed by atoms with Crippen LogP contribution in [0.3, 0.4) is 0 Å². The van der Waals surface area contributed by atoms with E-state index in [1.165, 1.54) is 0 Å². The summed E-state index contributed by atoms with van der Waals surface area (Å²) in [6.45, 7) is 0. The van der Waals surface area contributed by atoms with Gasteiger partial charge in [-0.2, -0.15) is 10.2 Å². The first-order chi connectivity index (χ1) is 14.6. The van der Waals surface area contributed by atoms with E-state index in [1.54, 1.807) is 67.4 Å². The minimum atomic E-state index is -0.301. The van der Waals surface area contributed by atoms with Gasteiger partial charge >= 0.3 is 0 Å². The van der Waals surface area contributed by atoms with Crippen LogP contribution in [0.25, 0.3) is 16.9 Å². The number of nitrogens with one attached hydrogen (secondary N) is 1. The fourth-order valence-corrected chi connectivity index (χ4v) is 3.14. The molecule has 2 heterocycles. The quantitative estimate of drug-likeness (QED) is 0.532. The van der Waals surface area contributed by atoms with E-state index in [0.717, 1.165) is 5.69 Å². The standard InChI is InChI=1S/C22H21N5O3/c1-26-13-15(12-23-26)24-22(28)19-14-27(16-7-5-4-6-8-16)25-21(19)18-11-17(29-2)9-10-20(18)30-3/h4-14H,1-3H3,(H,24,28). The highest BCUT2D eigenvalue weighted by Crippen LogP contribution is 2.35. The van der Waals surface area contributed by atoms with Crippen molar-refractivity contribution < 1.29 is 14.3 Å². The molecule has 152 valence electrons. The lowest BCUT2D eigenvalue weighted by Crippen LogP contribution is -2.12. The van der Waals surface area contributed by atoms with Crippen LogP contribution in [0.4, 0.5) is 5.69 Å². The number of carbonyl (C=O) groups is 1. The molecular weight excluding hydrogens is 382 g/mol. The Morgan fingerprint density at radius 2 is 1.83 bits per heavy atom. The molecule has 0 radical (unpaired) electrons. The molecule has 0 spiro atoms. The van der Waals surface area contributed by atoms with Crippen molar-refractivity contribution in [3.63, 3.8) is 0 Å². The van der Waals surface area contributed by atoms with E-state index < -0.39 is 0 Å². The molecule has 8 heteroatoms. The summed E-state index contributed by atoms with van der Waals surface area (Å²) in [5, 5.41) is 11.7. The van der Waals surface area contributed by atoms with Gasteiger partial charge in [0.2, 0.25) is 0 Å².